The molecule has 6 heteroatoms. The topological polar surface area (TPSA) is 57.7 Å². The van der Waals surface area contributed by atoms with Crippen LogP contribution in [0, 0.1) is 5.92 Å². The van der Waals surface area contributed by atoms with Gasteiger partial charge in [-0.15, -0.1) is 0 Å². The molecule has 2 fully saturated rings. The number of hydrogen-bond acceptors (Lipinski definition) is 5. The first-order valence-corrected chi connectivity index (χ1v) is 9.37. The van der Waals surface area contributed by atoms with Gasteiger partial charge in [-0.2, -0.15) is 0 Å². The predicted octanol–water partition coefficient (Wildman–Crippen LogP) is 1.31. The number of amides is 1. The first-order valence-electron chi connectivity index (χ1n) is 9.37. The zero-order chi connectivity index (χ0) is 17.6. The van der Waals surface area contributed by atoms with Gasteiger partial charge in [-0.1, -0.05) is 0 Å². The van der Waals surface area contributed by atoms with Crippen LogP contribution in [0.3, 0.4) is 0 Å². The molecule has 0 radical (unpaired) electrons. The molecule has 2 aliphatic rings. The molecule has 0 bridgehead atoms. The fraction of sp³-hybridized carbons (Fsp3) is 0.684. The highest BCUT2D eigenvalue weighted by molar-refractivity contribution is 5.79. The molecular weight excluding hydrogens is 316 g/mol. The lowest BCUT2D eigenvalue weighted by Gasteiger charge is -2.36. The highest BCUT2D eigenvalue weighted by Crippen LogP contribution is 2.19. The summed E-state index contributed by atoms with van der Waals surface area (Å²) in [6.07, 6.45) is 5.81. The number of anilines is 1. The number of carbonyl (C=O) groups excluding carboxylic acids is 1. The molecule has 25 heavy (non-hydrogen) atoms. The quantitative estimate of drug-likeness (QED) is 0.871. The van der Waals surface area contributed by atoms with Gasteiger partial charge in [0, 0.05) is 39.3 Å². The average molecular weight is 346 g/mol. The lowest BCUT2D eigenvalue weighted by Crippen LogP contribution is -2.49. The molecule has 0 aromatic carbocycles. The van der Waals surface area contributed by atoms with Gasteiger partial charge < -0.3 is 19.9 Å². The van der Waals surface area contributed by atoms with E-state index in [0.717, 1.165) is 57.7 Å². The van der Waals surface area contributed by atoms with Gasteiger partial charge in [-0.25, -0.2) is 4.98 Å². The summed E-state index contributed by atoms with van der Waals surface area (Å²) in [5.41, 5.74) is 1.27. The minimum atomic E-state index is 0.135. The maximum absolute atomic E-state index is 12.7. The smallest absolute Gasteiger partial charge is 0.225 e. The van der Waals surface area contributed by atoms with Crippen molar-refractivity contribution in [1.82, 2.24) is 15.2 Å². The van der Waals surface area contributed by atoms with E-state index in [2.05, 4.69) is 22.4 Å². The number of aromatic nitrogens is 1. The summed E-state index contributed by atoms with van der Waals surface area (Å²) in [4.78, 5) is 21.1. The number of rotatable bonds is 5. The molecule has 3 heterocycles. The molecule has 2 saturated heterocycles. The standard InChI is InChI=1S/C19H30N4O2/c1-22(2)18-13-15(5-10-21-18)3-4-17-14-23(11-12-25-17)19(24)16-6-8-20-9-7-16/h5,10,13,16-17,20H,3-4,6-9,11-12,14H2,1-2H3. The Hall–Kier alpha value is -1.66. The maximum Gasteiger partial charge on any atom is 0.225 e. The Labute approximate surface area is 150 Å². The first kappa shape index (κ1) is 18.1. The Morgan fingerprint density at radius 2 is 2.20 bits per heavy atom. The number of pyridine rings is 1. The molecule has 1 N–H and O–H groups in total. The zero-order valence-corrected chi connectivity index (χ0v) is 15.4. The predicted molar refractivity (Wildman–Crippen MR) is 98.8 cm³/mol. The number of nitrogens with one attached hydrogen (secondary N) is 1. The van der Waals surface area contributed by atoms with Crippen LogP contribution in [0.15, 0.2) is 18.3 Å². The van der Waals surface area contributed by atoms with Gasteiger partial charge in [-0.05, 0) is 56.5 Å². The summed E-state index contributed by atoms with van der Waals surface area (Å²) in [7, 11) is 4.00. The van der Waals surface area contributed by atoms with Gasteiger partial charge in [-0.3, -0.25) is 4.79 Å². The lowest BCUT2D eigenvalue weighted by molar-refractivity contribution is -0.144. The second-order valence-electron chi connectivity index (χ2n) is 7.26. The summed E-state index contributed by atoms with van der Waals surface area (Å²) in [6, 6.07) is 4.19. The summed E-state index contributed by atoms with van der Waals surface area (Å²) in [5.74, 6) is 1.50. The zero-order valence-electron chi connectivity index (χ0n) is 15.4. The highest BCUT2D eigenvalue weighted by atomic mass is 16.5. The molecule has 1 atom stereocenters. The number of piperidine rings is 1. The van der Waals surface area contributed by atoms with E-state index in [9.17, 15) is 4.79 Å². The van der Waals surface area contributed by atoms with Crippen molar-refractivity contribution in [3.63, 3.8) is 0 Å². The van der Waals surface area contributed by atoms with Gasteiger partial charge in [0.25, 0.3) is 0 Å². The van der Waals surface area contributed by atoms with Crippen LogP contribution >= 0.6 is 0 Å². The summed E-state index contributed by atoms with van der Waals surface area (Å²) in [5, 5.41) is 3.33. The molecule has 138 valence electrons. The van der Waals surface area contributed by atoms with Crippen molar-refractivity contribution in [2.45, 2.75) is 31.8 Å². The molecule has 1 aromatic rings. The van der Waals surface area contributed by atoms with Gasteiger partial charge in [0.1, 0.15) is 5.82 Å². The molecule has 1 amide bonds. The average Bonchev–Trinajstić information content (AvgIpc) is 2.67. The number of ether oxygens (including phenoxy) is 1. The van der Waals surface area contributed by atoms with Crippen LogP contribution < -0.4 is 10.2 Å². The van der Waals surface area contributed by atoms with Crippen molar-refractivity contribution < 1.29 is 9.53 Å². The van der Waals surface area contributed by atoms with Crippen molar-refractivity contribution in [3.05, 3.63) is 23.9 Å². The minimum absolute atomic E-state index is 0.135. The number of carbonyl (C=O) groups is 1. The van der Waals surface area contributed by atoms with Crippen LogP contribution in [0.1, 0.15) is 24.8 Å². The minimum Gasteiger partial charge on any atom is -0.375 e. The number of aryl methyl sites for hydroxylation is 1. The van der Waals surface area contributed by atoms with E-state index in [1.165, 1.54) is 5.56 Å². The lowest BCUT2D eigenvalue weighted by atomic mass is 9.96. The van der Waals surface area contributed by atoms with Crippen molar-refractivity contribution in [2.24, 2.45) is 5.92 Å². The molecule has 1 aromatic heterocycles. The number of hydrogen-bond donors (Lipinski definition) is 1. The highest BCUT2D eigenvalue weighted by Gasteiger charge is 2.29. The largest absolute Gasteiger partial charge is 0.375 e. The molecule has 6 nitrogen and oxygen atoms in total. The summed E-state index contributed by atoms with van der Waals surface area (Å²) >= 11 is 0. The monoisotopic (exact) mass is 346 g/mol. The third-order valence-corrected chi connectivity index (χ3v) is 5.16. The molecular formula is C19H30N4O2. The van der Waals surface area contributed by atoms with Gasteiger partial charge >= 0.3 is 0 Å². The van der Waals surface area contributed by atoms with Gasteiger partial charge in [0.15, 0.2) is 0 Å². The van der Waals surface area contributed by atoms with Crippen LogP contribution in [0.4, 0.5) is 5.82 Å². The fourth-order valence-electron chi connectivity index (χ4n) is 3.61. The third kappa shape index (κ3) is 4.92. The van der Waals surface area contributed by atoms with E-state index in [1.54, 1.807) is 0 Å². The van der Waals surface area contributed by atoms with Gasteiger partial charge in [0.2, 0.25) is 5.91 Å². The Morgan fingerprint density at radius 1 is 1.40 bits per heavy atom. The van der Waals surface area contributed by atoms with Crippen molar-refractivity contribution >= 4 is 11.7 Å². The SMILES string of the molecule is CN(C)c1cc(CCC2CN(C(=O)C3CCNCC3)CCO2)ccn1. The summed E-state index contributed by atoms with van der Waals surface area (Å²) in [6.45, 7) is 4.04. The number of nitrogens with zero attached hydrogens (tertiary/aromatic N) is 3. The molecule has 0 aliphatic carbocycles. The Balaban J connectivity index is 1.51. The van der Waals surface area contributed by atoms with E-state index in [0.29, 0.717) is 12.5 Å². The second-order valence-corrected chi connectivity index (χ2v) is 7.26. The Bertz CT molecular complexity index is 572. The van der Waals surface area contributed by atoms with Crippen LogP contribution in [0.2, 0.25) is 0 Å². The Kier molecular flexibility index (Phi) is 6.26. The molecule has 0 saturated carbocycles. The molecule has 3 rings (SSSR count). The van der Waals surface area contributed by atoms with E-state index in [1.807, 2.05) is 30.1 Å². The number of morpholine rings is 1. The third-order valence-electron chi connectivity index (χ3n) is 5.16. The van der Waals surface area contributed by atoms with Crippen LogP contribution in [-0.2, 0) is 16.0 Å². The van der Waals surface area contributed by atoms with Crippen molar-refractivity contribution in [1.29, 1.82) is 0 Å². The van der Waals surface area contributed by atoms with E-state index in [-0.39, 0.29) is 12.0 Å². The van der Waals surface area contributed by atoms with E-state index >= 15 is 0 Å². The normalized spacial score (nSPS) is 22.0. The molecule has 1 unspecified atom stereocenters. The van der Waals surface area contributed by atoms with Crippen molar-refractivity contribution in [2.75, 3.05) is 51.8 Å². The van der Waals surface area contributed by atoms with Crippen molar-refractivity contribution in [3.8, 4) is 0 Å². The van der Waals surface area contributed by atoms with Gasteiger partial charge in [0.05, 0.1) is 12.7 Å². The van der Waals surface area contributed by atoms with Crippen LogP contribution in [0.25, 0.3) is 0 Å². The Morgan fingerprint density at radius 3 is 2.96 bits per heavy atom. The fourth-order valence-corrected chi connectivity index (χ4v) is 3.61. The maximum atomic E-state index is 12.7. The summed E-state index contributed by atoms with van der Waals surface area (Å²) < 4.78 is 5.91. The van der Waals surface area contributed by atoms with E-state index < -0.39 is 0 Å². The second kappa shape index (κ2) is 8.63. The van der Waals surface area contributed by atoms with Crippen LogP contribution in [-0.4, -0.2) is 68.8 Å². The molecule has 0 spiro atoms. The van der Waals surface area contributed by atoms with Crippen LogP contribution in [0.5, 0.6) is 0 Å². The van der Waals surface area contributed by atoms with E-state index in [4.69, 9.17) is 4.74 Å². The first-order chi connectivity index (χ1) is 12.1. The molecule has 2 aliphatic heterocycles.